The maximum Gasteiger partial charge on any atom is 0.306 e. The van der Waals surface area contributed by atoms with Crippen molar-refractivity contribution in [3.05, 3.63) is 72.9 Å². The van der Waals surface area contributed by atoms with Crippen LogP contribution in [0.2, 0.25) is 0 Å². The first-order valence-corrected chi connectivity index (χ1v) is 23.1. The molecule has 10 heteroatoms. The van der Waals surface area contributed by atoms with E-state index in [9.17, 15) is 19.0 Å². The van der Waals surface area contributed by atoms with E-state index in [2.05, 4.69) is 80.7 Å². The van der Waals surface area contributed by atoms with Gasteiger partial charge in [0.15, 0.2) is 6.10 Å². The standard InChI is InChI=1S/C46H80NO8P/c1-6-8-10-12-14-16-18-20-22-23-25-26-28-30-32-34-36-38-45(48)52-42-44(43-54-56(50,51)53-41-40-47(3,4)5)55-46(49)39-37-35-33-31-29-27-24-21-19-17-15-13-11-9-7-2/h8,10,14,16,20,22,25-26,29-32,44H,6-7,9,11-13,15,17-19,21,23-24,27-28,33-43H2,1-5H3/b10-8+,16-14+,22-20+,26-25+,31-29+,32-30+/t44-/m1/s1. The fourth-order valence-electron chi connectivity index (χ4n) is 5.33. The van der Waals surface area contributed by atoms with E-state index in [0.29, 0.717) is 23.9 Å². The third kappa shape index (κ3) is 41.1. The summed E-state index contributed by atoms with van der Waals surface area (Å²) in [7, 11) is 1.11. The Morgan fingerprint density at radius 1 is 0.571 bits per heavy atom. The van der Waals surface area contributed by atoms with Crippen molar-refractivity contribution < 1.29 is 42.1 Å². The molecule has 0 aromatic heterocycles. The minimum atomic E-state index is -4.64. The smallest absolute Gasteiger partial charge is 0.306 e. The monoisotopic (exact) mass is 806 g/mol. The maximum absolute atomic E-state index is 12.6. The fourth-order valence-corrected chi connectivity index (χ4v) is 6.06. The normalized spacial score (nSPS) is 14.3. The molecule has 9 nitrogen and oxygen atoms in total. The Balaban J connectivity index is 4.51. The number of allylic oxidation sites excluding steroid dienone is 12. The van der Waals surface area contributed by atoms with Crippen LogP contribution in [0.15, 0.2) is 72.9 Å². The molecule has 0 aliphatic carbocycles. The number of likely N-dealkylation sites (N-methyl/N-ethyl adjacent to an activating group) is 1. The van der Waals surface area contributed by atoms with Gasteiger partial charge >= 0.3 is 11.9 Å². The van der Waals surface area contributed by atoms with Gasteiger partial charge in [0.2, 0.25) is 0 Å². The van der Waals surface area contributed by atoms with E-state index < -0.39 is 32.5 Å². The van der Waals surface area contributed by atoms with Gasteiger partial charge in [0.25, 0.3) is 7.82 Å². The highest BCUT2D eigenvalue weighted by molar-refractivity contribution is 7.45. The molecule has 0 aliphatic rings. The van der Waals surface area contributed by atoms with Gasteiger partial charge in [-0.25, -0.2) is 0 Å². The molecule has 322 valence electrons. The molecule has 0 N–H and O–H groups in total. The van der Waals surface area contributed by atoms with Crippen molar-refractivity contribution in [1.29, 1.82) is 0 Å². The van der Waals surface area contributed by atoms with Crippen molar-refractivity contribution >= 4 is 19.8 Å². The second kappa shape index (κ2) is 38.0. The largest absolute Gasteiger partial charge is 0.756 e. The van der Waals surface area contributed by atoms with Crippen LogP contribution >= 0.6 is 7.82 Å². The van der Waals surface area contributed by atoms with Gasteiger partial charge in [-0.15, -0.1) is 0 Å². The van der Waals surface area contributed by atoms with Crippen LogP contribution in [0.4, 0.5) is 0 Å². The minimum absolute atomic E-state index is 0.0464. The zero-order chi connectivity index (χ0) is 41.4. The lowest BCUT2D eigenvalue weighted by molar-refractivity contribution is -0.870. The summed E-state index contributed by atoms with van der Waals surface area (Å²) in [6.45, 7) is 4.00. The van der Waals surface area contributed by atoms with Gasteiger partial charge in [-0.3, -0.25) is 14.2 Å². The number of quaternary nitrogens is 1. The predicted molar refractivity (Wildman–Crippen MR) is 231 cm³/mol. The molecule has 0 aromatic carbocycles. The second-order valence-electron chi connectivity index (χ2n) is 15.3. The summed E-state index contributed by atoms with van der Waals surface area (Å²) in [6.07, 6.45) is 46.5. The van der Waals surface area contributed by atoms with Crippen LogP contribution in [-0.4, -0.2) is 70.0 Å². The molecule has 0 saturated carbocycles. The predicted octanol–water partition coefficient (Wildman–Crippen LogP) is 11.6. The molecule has 0 fully saturated rings. The van der Waals surface area contributed by atoms with Crippen LogP contribution in [-0.2, 0) is 32.7 Å². The van der Waals surface area contributed by atoms with Gasteiger partial charge in [-0.05, 0) is 77.0 Å². The minimum Gasteiger partial charge on any atom is -0.756 e. The number of phosphoric ester groups is 1. The Morgan fingerprint density at radius 3 is 1.59 bits per heavy atom. The Morgan fingerprint density at radius 2 is 1.04 bits per heavy atom. The van der Waals surface area contributed by atoms with Crippen LogP contribution in [0.1, 0.15) is 155 Å². The molecule has 0 amide bonds. The highest BCUT2D eigenvalue weighted by atomic mass is 31.2. The van der Waals surface area contributed by atoms with Crippen LogP contribution in [0, 0.1) is 0 Å². The Labute approximate surface area is 342 Å². The van der Waals surface area contributed by atoms with Crippen molar-refractivity contribution in [2.24, 2.45) is 0 Å². The Kier molecular flexibility index (Phi) is 36.3. The van der Waals surface area contributed by atoms with Crippen LogP contribution in [0.5, 0.6) is 0 Å². The number of rotatable bonds is 38. The first-order chi connectivity index (χ1) is 27.0. The fraction of sp³-hybridized carbons (Fsp3) is 0.696. The number of carbonyl (C=O) groups is 2. The van der Waals surface area contributed by atoms with Crippen molar-refractivity contribution in [3.63, 3.8) is 0 Å². The summed E-state index contributed by atoms with van der Waals surface area (Å²) in [6, 6.07) is 0. The van der Waals surface area contributed by atoms with Crippen LogP contribution < -0.4 is 4.89 Å². The molecule has 0 saturated heterocycles. The molecule has 0 rings (SSSR count). The molecule has 56 heavy (non-hydrogen) atoms. The SMILES string of the molecule is CC/C=C/C/C=C/C/C=C/C/C=C/C/C=C/CCCC(=O)OC[C@H](COP(=O)([O-])OCC[N+](C)(C)C)OC(=O)CCCC/C=C/CCCCCCCCCCC. The number of hydrogen-bond acceptors (Lipinski definition) is 8. The highest BCUT2D eigenvalue weighted by Crippen LogP contribution is 2.38. The summed E-state index contributed by atoms with van der Waals surface area (Å²) in [5.74, 6) is -0.935. The van der Waals surface area contributed by atoms with Crippen LogP contribution in [0.3, 0.4) is 0 Å². The molecule has 0 spiro atoms. The molecule has 0 aromatic rings. The molecule has 0 bridgehead atoms. The number of ether oxygens (including phenoxy) is 2. The number of hydrogen-bond donors (Lipinski definition) is 0. The van der Waals surface area contributed by atoms with Crippen molar-refractivity contribution in [1.82, 2.24) is 0 Å². The van der Waals surface area contributed by atoms with Gasteiger partial charge in [-0.1, -0.05) is 138 Å². The molecule has 0 heterocycles. The van der Waals surface area contributed by atoms with Gasteiger partial charge in [0.1, 0.15) is 19.8 Å². The third-order valence-corrected chi connectivity index (χ3v) is 9.67. The van der Waals surface area contributed by atoms with Crippen LogP contribution in [0.25, 0.3) is 0 Å². The Hall–Kier alpha value is -2.55. The highest BCUT2D eigenvalue weighted by Gasteiger charge is 2.21. The number of carbonyl (C=O) groups excluding carboxylic acids is 2. The lowest BCUT2D eigenvalue weighted by Crippen LogP contribution is -2.37. The number of nitrogens with zero attached hydrogens (tertiary/aromatic N) is 1. The van der Waals surface area contributed by atoms with E-state index in [1.807, 2.05) is 27.2 Å². The van der Waals surface area contributed by atoms with E-state index in [1.165, 1.54) is 57.8 Å². The lowest BCUT2D eigenvalue weighted by atomic mass is 10.1. The van der Waals surface area contributed by atoms with Crippen molar-refractivity contribution in [2.45, 2.75) is 161 Å². The summed E-state index contributed by atoms with van der Waals surface area (Å²) in [4.78, 5) is 37.5. The number of unbranched alkanes of at least 4 members (excludes halogenated alkanes) is 12. The first-order valence-electron chi connectivity index (χ1n) is 21.6. The third-order valence-electron chi connectivity index (χ3n) is 8.71. The van der Waals surface area contributed by atoms with Crippen molar-refractivity contribution in [2.75, 3.05) is 47.5 Å². The Bertz CT molecular complexity index is 1180. The van der Waals surface area contributed by atoms with Crippen molar-refractivity contribution in [3.8, 4) is 0 Å². The second-order valence-corrected chi connectivity index (χ2v) is 16.7. The lowest BCUT2D eigenvalue weighted by Gasteiger charge is -2.28. The number of phosphoric acid groups is 1. The topological polar surface area (TPSA) is 111 Å². The summed E-state index contributed by atoms with van der Waals surface area (Å²) in [5.41, 5.74) is 0. The summed E-state index contributed by atoms with van der Waals surface area (Å²) < 4.78 is 33.8. The van der Waals surface area contributed by atoms with Gasteiger partial charge in [0.05, 0.1) is 27.7 Å². The molecule has 0 aliphatic heterocycles. The first kappa shape index (κ1) is 53.5. The molecular formula is C46H80NO8P. The van der Waals surface area contributed by atoms with E-state index in [1.54, 1.807) is 0 Å². The van der Waals surface area contributed by atoms with E-state index in [0.717, 1.165) is 57.8 Å². The quantitative estimate of drug-likeness (QED) is 0.0199. The average Bonchev–Trinajstić information content (AvgIpc) is 3.15. The molecular weight excluding hydrogens is 725 g/mol. The maximum atomic E-state index is 12.6. The summed E-state index contributed by atoms with van der Waals surface area (Å²) >= 11 is 0. The van der Waals surface area contributed by atoms with Gasteiger partial charge in [0, 0.05) is 12.8 Å². The van der Waals surface area contributed by atoms with E-state index >= 15 is 0 Å². The van der Waals surface area contributed by atoms with E-state index in [-0.39, 0.29) is 26.1 Å². The zero-order valence-electron chi connectivity index (χ0n) is 36.1. The van der Waals surface area contributed by atoms with Gasteiger partial charge in [-0.2, -0.15) is 0 Å². The molecule has 2 atom stereocenters. The zero-order valence-corrected chi connectivity index (χ0v) is 36.9. The molecule has 1 unspecified atom stereocenters. The van der Waals surface area contributed by atoms with Gasteiger partial charge < -0.3 is 27.9 Å². The molecule has 0 radical (unpaired) electrons. The number of esters is 2. The summed E-state index contributed by atoms with van der Waals surface area (Å²) in [5, 5.41) is 0. The van der Waals surface area contributed by atoms with E-state index in [4.69, 9.17) is 18.5 Å². The average molecular weight is 806 g/mol.